The van der Waals surface area contributed by atoms with Crippen molar-refractivity contribution in [1.82, 2.24) is 15.3 Å². The second kappa shape index (κ2) is 8.75. The fourth-order valence-corrected chi connectivity index (χ4v) is 2.74. The van der Waals surface area contributed by atoms with E-state index in [1.807, 2.05) is 30.3 Å². The number of ether oxygens (including phenoxy) is 2. The van der Waals surface area contributed by atoms with Gasteiger partial charge in [0.25, 0.3) is 0 Å². The van der Waals surface area contributed by atoms with Crippen LogP contribution in [0.1, 0.15) is 32.8 Å². The molecule has 1 N–H and O–H groups in total. The van der Waals surface area contributed by atoms with Gasteiger partial charge in [-0.05, 0) is 32.8 Å². The Morgan fingerprint density at radius 2 is 1.74 bits per heavy atom. The minimum absolute atomic E-state index is 0.291. The first-order valence-electron chi connectivity index (χ1n) is 8.91. The maximum atomic E-state index is 12.7. The standard InChI is InChI=1S/C19H27N3O5/c1-19(2,3)27-18(25)22-12-8-11-21(22)17(24)20-15(16(23)26-4)13-14-9-6-5-7-10-14/h5-7,9-10,15H,8,11-13H2,1-4H3,(H,20,24)/t15-/m0/s1. The molecule has 0 saturated carbocycles. The summed E-state index contributed by atoms with van der Waals surface area (Å²) in [5.41, 5.74) is 0.225. The van der Waals surface area contributed by atoms with Crippen molar-refractivity contribution < 1.29 is 23.9 Å². The second-order valence-corrected chi connectivity index (χ2v) is 7.30. The molecule has 0 bridgehead atoms. The Labute approximate surface area is 159 Å². The molecule has 0 aromatic heterocycles. The number of amides is 3. The zero-order valence-corrected chi connectivity index (χ0v) is 16.2. The topological polar surface area (TPSA) is 88.2 Å². The van der Waals surface area contributed by atoms with Crippen LogP contribution < -0.4 is 5.32 Å². The molecule has 3 amide bonds. The Hall–Kier alpha value is -2.77. The van der Waals surface area contributed by atoms with Crippen LogP contribution in [-0.2, 0) is 20.7 Å². The largest absolute Gasteiger partial charge is 0.467 e. The molecule has 148 valence electrons. The van der Waals surface area contributed by atoms with Gasteiger partial charge in [-0.1, -0.05) is 30.3 Å². The molecular weight excluding hydrogens is 350 g/mol. The first-order valence-corrected chi connectivity index (χ1v) is 8.91. The lowest BCUT2D eigenvalue weighted by atomic mass is 10.1. The Morgan fingerprint density at radius 1 is 1.11 bits per heavy atom. The Morgan fingerprint density at radius 3 is 2.33 bits per heavy atom. The van der Waals surface area contributed by atoms with Crippen molar-refractivity contribution in [3.8, 4) is 0 Å². The summed E-state index contributed by atoms with van der Waals surface area (Å²) in [6, 6.07) is 7.93. The molecule has 0 unspecified atom stereocenters. The highest BCUT2D eigenvalue weighted by atomic mass is 16.6. The van der Waals surface area contributed by atoms with Crippen LogP contribution in [-0.4, -0.2) is 60.0 Å². The van der Waals surface area contributed by atoms with E-state index < -0.39 is 29.7 Å². The van der Waals surface area contributed by atoms with E-state index in [9.17, 15) is 14.4 Å². The fraction of sp³-hybridized carbons (Fsp3) is 0.526. The van der Waals surface area contributed by atoms with E-state index in [0.29, 0.717) is 25.9 Å². The van der Waals surface area contributed by atoms with E-state index in [2.05, 4.69) is 5.32 Å². The molecule has 8 nitrogen and oxygen atoms in total. The first kappa shape index (κ1) is 20.5. The van der Waals surface area contributed by atoms with Crippen molar-refractivity contribution >= 4 is 18.1 Å². The molecule has 8 heteroatoms. The van der Waals surface area contributed by atoms with Crippen molar-refractivity contribution in [2.75, 3.05) is 20.2 Å². The number of methoxy groups -OCH3 is 1. The van der Waals surface area contributed by atoms with Crippen LogP contribution in [0.5, 0.6) is 0 Å². The summed E-state index contributed by atoms with van der Waals surface area (Å²) in [6.07, 6.45) is 0.334. The van der Waals surface area contributed by atoms with E-state index in [-0.39, 0.29) is 0 Å². The van der Waals surface area contributed by atoms with Gasteiger partial charge in [0.15, 0.2) is 0 Å². The highest BCUT2D eigenvalue weighted by Crippen LogP contribution is 2.17. The number of nitrogens with zero attached hydrogens (tertiary/aromatic N) is 2. The third-order valence-corrected chi connectivity index (χ3v) is 3.94. The minimum atomic E-state index is -0.856. The number of hydrogen-bond donors (Lipinski definition) is 1. The fourth-order valence-electron chi connectivity index (χ4n) is 2.74. The average molecular weight is 377 g/mol. The SMILES string of the molecule is COC(=O)[C@H](Cc1ccccc1)NC(=O)N1CCCN1C(=O)OC(C)(C)C. The molecule has 1 aliphatic rings. The smallest absolute Gasteiger partial charge is 0.429 e. The Bertz CT molecular complexity index is 672. The summed E-state index contributed by atoms with van der Waals surface area (Å²) < 4.78 is 10.2. The monoisotopic (exact) mass is 377 g/mol. The van der Waals surface area contributed by atoms with Crippen LogP contribution in [0, 0.1) is 0 Å². The van der Waals surface area contributed by atoms with Gasteiger partial charge in [-0.25, -0.2) is 24.4 Å². The van der Waals surface area contributed by atoms with Crippen LogP contribution >= 0.6 is 0 Å². The highest BCUT2D eigenvalue weighted by molar-refractivity contribution is 5.85. The zero-order chi connectivity index (χ0) is 20.0. The predicted octanol–water partition coefficient (Wildman–Crippen LogP) is 2.34. The molecule has 0 spiro atoms. The summed E-state index contributed by atoms with van der Waals surface area (Å²) in [5.74, 6) is -0.546. The van der Waals surface area contributed by atoms with Gasteiger partial charge in [-0.3, -0.25) is 0 Å². The van der Waals surface area contributed by atoms with Gasteiger partial charge in [0.1, 0.15) is 11.6 Å². The summed E-state index contributed by atoms with van der Waals surface area (Å²) in [7, 11) is 1.27. The van der Waals surface area contributed by atoms with Crippen molar-refractivity contribution in [2.45, 2.75) is 45.3 Å². The van der Waals surface area contributed by atoms with Gasteiger partial charge in [-0.2, -0.15) is 0 Å². The van der Waals surface area contributed by atoms with Crippen molar-refractivity contribution in [1.29, 1.82) is 0 Å². The van der Waals surface area contributed by atoms with Crippen molar-refractivity contribution in [2.24, 2.45) is 0 Å². The second-order valence-electron chi connectivity index (χ2n) is 7.30. The molecular formula is C19H27N3O5. The lowest BCUT2D eigenvalue weighted by molar-refractivity contribution is -0.142. The molecule has 27 heavy (non-hydrogen) atoms. The molecule has 1 aliphatic heterocycles. The minimum Gasteiger partial charge on any atom is -0.467 e. The quantitative estimate of drug-likeness (QED) is 0.814. The number of esters is 1. The van der Waals surface area contributed by atoms with E-state index in [0.717, 1.165) is 5.56 Å². The summed E-state index contributed by atoms with van der Waals surface area (Å²) in [4.78, 5) is 37.1. The van der Waals surface area contributed by atoms with Gasteiger partial charge < -0.3 is 14.8 Å². The third-order valence-electron chi connectivity index (χ3n) is 3.94. The van der Waals surface area contributed by atoms with Gasteiger partial charge in [0.05, 0.1) is 7.11 Å². The number of carbonyl (C=O) groups is 3. The Kier molecular flexibility index (Phi) is 6.65. The number of hydrazine groups is 1. The van der Waals surface area contributed by atoms with E-state index in [1.165, 1.54) is 17.1 Å². The number of rotatable bonds is 4. The van der Waals surface area contributed by atoms with Gasteiger partial charge in [0, 0.05) is 19.5 Å². The first-order chi connectivity index (χ1) is 12.7. The predicted molar refractivity (Wildman–Crippen MR) is 98.7 cm³/mol. The zero-order valence-electron chi connectivity index (χ0n) is 16.2. The van der Waals surface area contributed by atoms with Crippen LogP contribution in [0.2, 0.25) is 0 Å². The number of carbonyl (C=O) groups excluding carboxylic acids is 3. The Balaban J connectivity index is 2.06. The van der Waals surface area contributed by atoms with Crippen LogP contribution in [0.3, 0.4) is 0 Å². The van der Waals surface area contributed by atoms with E-state index >= 15 is 0 Å². The lowest BCUT2D eigenvalue weighted by Gasteiger charge is -2.31. The van der Waals surface area contributed by atoms with Crippen LogP contribution in [0.15, 0.2) is 30.3 Å². The van der Waals surface area contributed by atoms with Gasteiger partial charge in [-0.15, -0.1) is 0 Å². The molecule has 1 aromatic carbocycles. The van der Waals surface area contributed by atoms with Crippen LogP contribution in [0.25, 0.3) is 0 Å². The summed E-state index contributed by atoms with van der Waals surface area (Å²) in [6.45, 7) is 6.03. The number of urea groups is 1. The molecule has 1 fully saturated rings. The van der Waals surface area contributed by atoms with Crippen molar-refractivity contribution in [3.63, 3.8) is 0 Å². The number of benzene rings is 1. The summed E-state index contributed by atoms with van der Waals surface area (Å²) >= 11 is 0. The number of hydrogen-bond acceptors (Lipinski definition) is 5. The normalized spacial score (nSPS) is 15.3. The maximum absolute atomic E-state index is 12.7. The molecule has 1 heterocycles. The van der Waals surface area contributed by atoms with Gasteiger partial charge in [0.2, 0.25) is 0 Å². The highest BCUT2D eigenvalue weighted by Gasteiger charge is 2.35. The van der Waals surface area contributed by atoms with E-state index in [1.54, 1.807) is 20.8 Å². The third kappa shape index (κ3) is 5.87. The molecule has 1 saturated heterocycles. The van der Waals surface area contributed by atoms with Gasteiger partial charge >= 0.3 is 18.1 Å². The van der Waals surface area contributed by atoms with E-state index in [4.69, 9.17) is 9.47 Å². The summed E-state index contributed by atoms with van der Waals surface area (Å²) in [5, 5.41) is 5.20. The molecule has 1 atom stereocenters. The number of nitrogens with one attached hydrogen (secondary N) is 1. The van der Waals surface area contributed by atoms with Crippen molar-refractivity contribution in [3.05, 3.63) is 35.9 Å². The van der Waals surface area contributed by atoms with Crippen LogP contribution in [0.4, 0.5) is 9.59 Å². The molecule has 2 rings (SSSR count). The maximum Gasteiger partial charge on any atom is 0.429 e. The lowest BCUT2D eigenvalue weighted by Crippen LogP contribution is -2.54. The molecule has 0 radical (unpaired) electrons. The average Bonchev–Trinajstić information content (AvgIpc) is 3.10. The molecule has 0 aliphatic carbocycles. The molecule has 1 aromatic rings.